The number of thiazole rings is 1. The molecule has 0 unspecified atom stereocenters. The van der Waals surface area contributed by atoms with Gasteiger partial charge in [-0.1, -0.05) is 65.4 Å². The van der Waals surface area contributed by atoms with Crippen LogP contribution >= 0.6 is 22.9 Å². The van der Waals surface area contributed by atoms with Gasteiger partial charge in [0, 0.05) is 5.39 Å². The second-order valence-electron chi connectivity index (χ2n) is 5.49. The van der Waals surface area contributed by atoms with Gasteiger partial charge in [0.1, 0.15) is 12.3 Å². The van der Waals surface area contributed by atoms with Gasteiger partial charge >= 0.3 is 10.8 Å². The van der Waals surface area contributed by atoms with Gasteiger partial charge in [0.15, 0.2) is 0 Å². The Labute approximate surface area is 151 Å². The zero-order valence-corrected chi connectivity index (χ0v) is 14.5. The fraction of sp³-hybridized carbons (Fsp3) is 0.0526. The number of carbonyl (C=O) groups excluding carboxylic acids is 1. The molecular weight excluding hydrogens is 358 g/mol. The smallest absolute Gasteiger partial charge is 0.331 e. The summed E-state index contributed by atoms with van der Waals surface area (Å²) in [5, 5.41) is 2.27. The predicted octanol–water partition coefficient (Wildman–Crippen LogP) is 4.48. The summed E-state index contributed by atoms with van der Waals surface area (Å²) in [5.74, 6) is -0.0418. The molecule has 0 saturated heterocycles. The van der Waals surface area contributed by atoms with Crippen LogP contribution in [0.2, 0.25) is 5.02 Å². The molecule has 0 spiro atoms. The first-order chi connectivity index (χ1) is 12.1. The second kappa shape index (κ2) is 6.35. The van der Waals surface area contributed by atoms with Crippen LogP contribution in [0.15, 0.2) is 65.5 Å². The van der Waals surface area contributed by atoms with Gasteiger partial charge in [-0.05, 0) is 23.6 Å². The molecule has 1 aromatic heterocycles. The van der Waals surface area contributed by atoms with Crippen LogP contribution in [0.1, 0.15) is 0 Å². The van der Waals surface area contributed by atoms with Gasteiger partial charge in [-0.25, -0.2) is 4.79 Å². The number of para-hydroxylation sites is 1. The molecule has 6 heteroatoms. The van der Waals surface area contributed by atoms with Crippen molar-refractivity contribution in [3.05, 3.63) is 75.4 Å². The Bertz CT molecular complexity index is 1160. The van der Waals surface area contributed by atoms with Crippen molar-refractivity contribution in [3.8, 4) is 5.75 Å². The zero-order valence-electron chi connectivity index (χ0n) is 12.9. The number of aromatic nitrogens is 1. The summed E-state index contributed by atoms with van der Waals surface area (Å²) in [6.07, 6.45) is 0. The number of fused-ring (bicyclic) bond motifs is 2. The molecule has 0 radical (unpaired) electrons. The van der Waals surface area contributed by atoms with E-state index in [4.69, 9.17) is 16.3 Å². The van der Waals surface area contributed by atoms with Gasteiger partial charge < -0.3 is 4.74 Å². The zero-order chi connectivity index (χ0) is 17.4. The molecule has 124 valence electrons. The van der Waals surface area contributed by atoms with E-state index in [9.17, 15) is 9.59 Å². The molecule has 4 aromatic rings. The van der Waals surface area contributed by atoms with Crippen LogP contribution in [-0.4, -0.2) is 10.5 Å². The van der Waals surface area contributed by atoms with E-state index in [1.807, 2.05) is 36.4 Å². The summed E-state index contributed by atoms with van der Waals surface area (Å²) in [7, 11) is 0. The lowest BCUT2D eigenvalue weighted by Crippen LogP contribution is -2.22. The van der Waals surface area contributed by atoms with Crippen molar-refractivity contribution in [2.24, 2.45) is 0 Å². The van der Waals surface area contributed by atoms with Crippen molar-refractivity contribution in [1.82, 2.24) is 4.57 Å². The SMILES string of the molecule is O=C(Cn1c(=O)sc2cccc(Cl)c21)Oc1cccc2ccccc12. The minimum absolute atomic E-state index is 0.189. The third kappa shape index (κ3) is 2.92. The van der Waals surface area contributed by atoms with Crippen molar-refractivity contribution >= 4 is 49.9 Å². The van der Waals surface area contributed by atoms with Gasteiger partial charge in [-0.2, -0.15) is 0 Å². The summed E-state index contributed by atoms with van der Waals surface area (Å²) >= 11 is 7.25. The Balaban J connectivity index is 1.67. The molecule has 4 rings (SSSR count). The van der Waals surface area contributed by atoms with E-state index in [0.29, 0.717) is 16.3 Å². The highest BCUT2D eigenvalue weighted by Crippen LogP contribution is 2.27. The monoisotopic (exact) mass is 369 g/mol. The molecule has 0 aliphatic heterocycles. The Morgan fingerprint density at radius 2 is 1.80 bits per heavy atom. The largest absolute Gasteiger partial charge is 0.425 e. The van der Waals surface area contributed by atoms with E-state index in [1.54, 1.807) is 24.3 Å². The summed E-state index contributed by atoms with van der Waals surface area (Å²) in [6, 6.07) is 18.4. The molecule has 4 nitrogen and oxygen atoms in total. The predicted molar refractivity (Wildman–Crippen MR) is 101 cm³/mol. The normalized spacial score (nSPS) is 11.1. The molecule has 0 bridgehead atoms. The number of esters is 1. The van der Waals surface area contributed by atoms with Crippen LogP contribution < -0.4 is 9.61 Å². The lowest BCUT2D eigenvalue weighted by atomic mass is 10.1. The number of ether oxygens (including phenoxy) is 1. The fourth-order valence-electron chi connectivity index (χ4n) is 2.79. The molecule has 0 atom stereocenters. The van der Waals surface area contributed by atoms with E-state index in [0.717, 1.165) is 26.8 Å². The van der Waals surface area contributed by atoms with E-state index >= 15 is 0 Å². The van der Waals surface area contributed by atoms with E-state index < -0.39 is 5.97 Å². The number of nitrogens with zero attached hydrogens (tertiary/aromatic N) is 1. The van der Waals surface area contributed by atoms with Crippen molar-refractivity contribution in [2.75, 3.05) is 0 Å². The van der Waals surface area contributed by atoms with Gasteiger partial charge in [0.05, 0.1) is 15.2 Å². The highest BCUT2D eigenvalue weighted by Gasteiger charge is 2.15. The third-order valence-electron chi connectivity index (χ3n) is 3.90. The molecule has 0 aliphatic carbocycles. The van der Waals surface area contributed by atoms with Crippen LogP contribution in [0.3, 0.4) is 0 Å². The Morgan fingerprint density at radius 3 is 2.68 bits per heavy atom. The van der Waals surface area contributed by atoms with Gasteiger partial charge in [0.2, 0.25) is 0 Å². The highest BCUT2D eigenvalue weighted by molar-refractivity contribution is 7.16. The molecule has 3 aromatic carbocycles. The molecule has 0 saturated carbocycles. The number of hydrogen-bond acceptors (Lipinski definition) is 4. The molecule has 0 N–H and O–H groups in total. The van der Waals surface area contributed by atoms with E-state index in [-0.39, 0.29) is 11.4 Å². The minimum atomic E-state index is -0.516. The number of rotatable bonds is 3. The molecule has 0 amide bonds. The van der Waals surface area contributed by atoms with Gasteiger partial charge in [-0.3, -0.25) is 9.36 Å². The van der Waals surface area contributed by atoms with Crippen molar-refractivity contribution in [3.63, 3.8) is 0 Å². The first kappa shape index (κ1) is 15.9. The molecule has 0 aliphatic rings. The highest BCUT2D eigenvalue weighted by atomic mass is 35.5. The summed E-state index contributed by atoms with van der Waals surface area (Å²) in [5.41, 5.74) is 0.564. The summed E-state index contributed by atoms with van der Waals surface area (Å²) in [4.78, 5) is 24.4. The van der Waals surface area contributed by atoms with Gasteiger partial charge in [-0.15, -0.1) is 0 Å². The fourth-order valence-corrected chi connectivity index (χ4v) is 4.04. The maximum Gasteiger partial charge on any atom is 0.331 e. The quantitative estimate of drug-likeness (QED) is 0.395. The Morgan fingerprint density at radius 1 is 1.04 bits per heavy atom. The number of halogens is 1. The van der Waals surface area contributed by atoms with Crippen LogP contribution in [0, 0.1) is 0 Å². The van der Waals surface area contributed by atoms with Crippen LogP contribution in [-0.2, 0) is 11.3 Å². The van der Waals surface area contributed by atoms with E-state index in [2.05, 4.69) is 0 Å². The summed E-state index contributed by atoms with van der Waals surface area (Å²) < 4.78 is 7.61. The Hall–Kier alpha value is -2.63. The van der Waals surface area contributed by atoms with E-state index in [1.165, 1.54) is 4.57 Å². The topological polar surface area (TPSA) is 48.3 Å². The van der Waals surface area contributed by atoms with Crippen molar-refractivity contribution in [2.45, 2.75) is 6.54 Å². The Kier molecular flexibility index (Phi) is 4.03. The first-order valence-corrected chi connectivity index (χ1v) is 8.79. The number of carbonyl (C=O) groups is 1. The lowest BCUT2D eigenvalue weighted by Gasteiger charge is -2.09. The average Bonchev–Trinajstić information content (AvgIpc) is 2.92. The third-order valence-corrected chi connectivity index (χ3v) is 5.15. The van der Waals surface area contributed by atoms with Crippen LogP contribution in [0.5, 0.6) is 5.75 Å². The first-order valence-electron chi connectivity index (χ1n) is 7.60. The van der Waals surface area contributed by atoms with Crippen LogP contribution in [0.4, 0.5) is 0 Å². The standard InChI is InChI=1S/C19H12ClNO3S/c20-14-8-4-10-16-18(14)21(19(23)25-16)11-17(22)24-15-9-3-6-12-5-1-2-7-13(12)15/h1-10H,11H2. The molecular formula is C19H12ClNO3S. The lowest BCUT2D eigenvalue weighted by molar-refractivity contribution is -0.134. The number of hydrogen-bond donors (Lipinski definition) is 0. The minimum Gasteiger partial charge on any atom is -0.425 e. The molecule has 25 heavy (non-hydrogen) atoms. The van der Waals surface area contributed by atoms with Crippen molar-refractivity contribution in [1.29, 1.82) is 0 Å². The summed E-state index contributed by atoms with van der Waals surface area (Å²) in [6.45, 7) is -0.189. The maximum atomic E-state index is 12.4. The van der Waals surface area contributed by atoms with Crippen molar-refractivity contribution < 1.29 is 9.53 Å². The molecule has 1 heterocycles. The number of benzene rings is 3. The van der Waals surface area contributed by atoms with Gasteiger partial charge in [0.25, 0.3) is 0 Å². The second-order valence-corrected chi connectivity index (χ2v) is 6.89. The average molecular weight is 370 g/mol. The molecule has 0 fully saturated rings. The maximum absolute atomic E-state index is 12.4. The van der Waals surface area contributed by atoms with Crippen LogP contribution in [0.25, 0.3) is 21.0 Å².